The lowest BCUT2D eigenvalue weighted by atomic mass is 9.99. The molecule has 0 aliphatic carbocycles. The van der Waals surface area contributed by atoms with Crippen molar-refractivity contribution < 1.29 is 32.9 Å². The molecular formula is C17H20N4O8S. The minimum Gasteiger partial charge on any atom is -0.465 e. The molecule has 2 atom stereocenters. The molecule has 2 rings (SSSR count). The molecular weight excluding hydrogens is 420 g/mol. The molecule has 162 valence electrons. The number of hydrogen-bond donors (Lipinski definition) is 2. The summed E-state index contributed by atoms with van der Waals surface area (Å²) in [5.74, 6) is -0.935. The maximum atomic E-state index is 13.3. The van der Waals surface area contributed by atoms with Crippen LogP contribution >= 0.6 is 0 Å². The third-order valence-corrected chi connectivity index (χ3v) is 6.07. The number of nitrogens with zero attached hydrogens (tertiary/aromatic N) is 3. The van der Waals surface area contributed by atoms with Gasteiger partial charge in [0.2, 0.25) is 5.91 Å². The second-order valence-corrected chi connectivity index (χ2v) is 8.03. The van der Waals surface area contributed by atoms with Gasteiger partial charge in [-0.25, -0.2) is 13.2 Å². The highest BCUT2D eigenvalue weighted by atomic mass is 32.2. The van der Waals surface area contributed by atoms with Crippen LogP contribution in [-0.2, 0) is 19.7 Å². The molecule has 12 nitrogen and oxygen atoms in total. The first-order valence-electron chi connectivity index (χ1n) is 8.51. The number of carbonyl (C=O) groups is 2. The topological polar surface area (TPSA) is 173 Å². The van der Waals surface area contributed by atoms with Gasteiger partial charge in [-0.05, 0) is 13.0 Å². The van der Waals surface area contributed by atoms with E-state index in [9.17, 15) is 33.2 Å². The summed E-state index contributed by atoms with van der Waals surface area (Å²) in [4.78, 5) is 39.0. The predicted molar refractivity (Wildman–Crippen MR) is 104 cm³/mol. The lowest BCUT2D eigenvalue weighted by Gasteiger charge is -2.38. The fraction of sp³-hybridized carbons (Fsp3) is 0.294. The van der Waals surface area contributed by atoms with E-state index in [2.05, 4.69) is 6.58 Å². The Morgan fingerprint density at radius 3 is 2.63 bits per heavy atom. The smallest absolute Gasteiger partial charge is 0.408 e. The zero-order valence-corrected chi connectivity index (χ0v) is 16.7. The number of hydroxylamine groups is 1. The molecule has 0 saturated carbocycles. The summed E-state index contributed by atoms with van der Waals surface area (Å²) in [5.41, 5.74) is 4.86. The van der Waals surface area contributed by atoms with E-state index in [0.717, 1.165) is 12.1 Å². The molecule has 2 unspecified atom stereocenters. The monoisotopic (exact) mass is 440 g/mol. The molecule has 3 N–H and O–H groups in total. The average Bonchev–Trinajstić information content (AvgIpc) is 2.68. The Bertz CT molecular complexity index is 1010. The average molecular weight is 440 g/mol. The molecule has 0 radical (unpaired) electrons. The van der Waals surface area contributed by atoms with Crippen LogP contribution in [0, 0.1) is 10.1 Å². The van der Waals surface area contributed by atoms with Gasteiger partial charge in [0.05, 0.1) is 17.6 Å². The van der Waals surface area contributed by atoms with Crippen LogP contribution in [0.2, 0.25) is 0 Å². The number of sulfonamides is 1. The highest BCUT2D eigenvalue weighted by Gasteiger charge is 2.43. The molecule has 30 heavy (non-hydrogen) atoms. The number of nitro groups is 1. The van der Waals surface area contributed by atoms with Crippen molar-refractivity contribution in [3.05, 3.63) is 58.7 Å². The summed E-state index contributed by atoms with van der Waals surface area (Å²) in [6.45, 7) is 4.15. The van der Waals surface area contributed by atoms with E-state index in [1.807, 2.05) is 0 Å². The van der Waals surface area contributed by atoms with Gasteiger partial charge in [0, 0.05) is 12.6 Å². The molecule has 1 aromatic carbocycles. The van der Waals surface area contributed by atoms with Crippen LogP contribution in [0.5, 0.6) is 0 Å². The van der Waals surface area contributed by atoms with Gasteiger partial charge < -0.3 is 10.8 Å². The first-order valence-corrected chi connectivity index (χ1v) is 9.95. The number of hydrogen-bond acceptors (Lipinski definition) is 7. The summed E-state index contributed by atoms with van der Waals surface area (Å²) in [6.07, 6.45) is 0.966. The van der Waals surface area contributed by atoms with Crippen molar-refractivity contribution in [2.75, 3.05) is 13.2 Å². The van der Waals surface area contributed by atoms with Crippen molar-refractivity contribution in [3.63, 3.8) is 0 Å². The molecule has 1 aliphatic rings. The highest BCUT2D eigenvalue weighted by Crippen LogP contribution is 2.31. The van der Waals surface area contributed by atoms with Crippen LogP contribution < -0.4 is 5.73 Å². The number of amides is 2. The van der Waals surface area contributed by atoms with E-state index in [1.165, 1.54) is 31.2 Å². The summed E-state index contributed by atoms with van der Waals surface area (Å²) in [7, 11) is -4.62. The van der Waals surface area contributed by atoms with Gasteiger partial charge in [0.25, 0.3) is 15.7 Å². The molecule has 2 amide bonds. The van der Waals surface area contributed by atoms with Crippen molar-refractivity contribution in [2.45, 2.75) is 23.9 Å². The van der Waals surface area contributed by atoms with E-state index in [4.69, 9.17) is 10.6 Å². The van der Waals surface area contributed by atoms with Gasteiger partial charge in [0.1, 0.15) is 6.04 Å². The Balaban J connectivity index is 2.61. The fourth-order valence-corrected chi connectivity index (χ4v) is 4.55. The van der Waals surface area contributed by atoms with E-state index < -0.39 is 56.2 Å². The lowest BCUT2D eigenvalue weighted by molar-refractivity contribution is -0.388. The van der Waals surface area contributed by atoms with E-state index in [1.54, 1.807) is 0 Å². The number of benzene rings is 1. The van der Waals surface area contributed by atoms with Crippen molar-refractivity contribution >= 4 is 27.7 Å². The number of nitrogens with two attached hydrogens (primary N) is 1. The SMILES string of the molecule is C=CCON(C1CN(C(=O)O)C(C(N)=O)C=C1C)S(=O)(=O)c1ccccc1[N+](=O)[O-]. The summed E-state index contributed by atoms with van der Waals surface area (Å²) in [5, 5.41) is 20.8. The van der Waals surface area contributed by atoms with Gasteiger partial charge in [-0.15, -0.1) is 6.58 Å². The number of primary amides is 1. The summed E-state index contributed by atoms with van der Waals surface area (Å²) < 4.78 is 27.1. The van der Waals surface area contributed by atoms with Crippen molar-refractivity contribution in [3.8, 4) is 0 Å². The fourth-order valence-electron chi connectivity index (χ4n) is 2.94. The molecule has 13 heteroatoms. The second kappa shape index (κ2) is 9.02. The van der Waals surface area contributed by atoms with Crippen LogP contribution in [0.15, 0.2) is 53.5 Å². The number of carboxylic acid groups (broad SMARTS) is 1. The molecule has 1 aliphatic heterocycles. The number of para-hydroxylation sites is 1. The Hall–Kier alpha value is -3.29. The minimum atomic E-state index is -4.62. The van der Waals surface area contributed by atoms with Crippen LogP contribution in [0.25, 0.3) is 0 Å². The predicted octanol–water partition coefficient (Wildman–Crippen LogP) is 0.866. The Morgan fingerprint density at radius 2 is 2.10 bits per heavy atom. The van der Waals surface area contributed by atoms with Gasteiger partial charge in [-0.3, -0.25) is 24.6 Å². The molecule has 0 bridgehead atoms. The number of rotatable bonds is 8. The highest BCUT2D eigenvalue weighted by molar-refractivity contribution is 7.89. The largest absolute Gasteiger partial charge is 0.465 e. The summed E-state index contributed by atoms with van der Waals surface area (Å²) >= 11 is 0. The Kier molecular flexibility index (Phi) is 6.92. The quantitative estimate of drug-likeness (QED) is 0.340. The zero-order valence-electron chi connectivity index (χ0n) is 15.9. The Morgan fingerprint density at radius 1 is 1.47 bits per heavy atom. The van der Waals surface area contributed by atoms with Crippen LogP contribution in [-0.4, -0.2) is 65.1 Å². The normalized spacial score (nSPS) is 19.3. The second-order valence-electron chi connectivity index (χ2n) is 6.28. The van der Waals surface area contributed by atoms with E-state index in [0.29, 0.717) is 9.37 Å². The molecule has 1 aromatic rings. The third-order valence-electron chi connectivity index (χ3n) is 4.34. The lowest BCUT2D eigenvalue weighted by Crippen LogP contribution is -2.57. The first-order chi connectivity index (χ1) is 14.0. The minimum absolute atomic E-state index is 0.280. The van der Waals surface area contributed by atoms with Gasteiger partial charge in [-0.1, -0.05) is 34.3 Å². The van der Waals surface area contributed by atoms with Gasteiger partial charge >= 0.3 is 6.09 Å². The van der Waals surface area contributed by atoms with Crippen LogP contribution in [0.4, 0.5) is 10.5 Å². The van der Waals surface area contributed by atoms with Crippen LogP contribution in [0.1, 0.15) is 6.92 Å². The van der Waals surface area contributed by atoms with E-state index >= 15 is 0 Å². The zero-order chi connectivity index (χ0) is 22.6. The summed E-state index contributed by atoms with van der Waals surface area (Å²) in [6, 6.07) is 2.18. The maximum Gasteiger partial charge on any atom is 0.408 e. The van der Waals surface area contributed by atoms with Crippen molar-refractivity contribution in [1.29, 1.82) is 0 Å². The van der Waals surface area contributed by atoms with Crippen molar-refractivity contribution in [2.24, 2.45) is 5.73 Å². The number of nitro benzene ring substituents is 1. The van der Waals surface area contributed by atoms with Crippen molar-refractivity contribution in [1.82, 2.24) is 9.37 Å². The molecule has 0 fully saturated rings. The molecule has 0 spiro atoms. The number of carbonyl (C=O) groups excluding carboxylic acids is 1. The van der Waals surface area contributed by atoms with Crippen LogP contribution in [0.3, 0.4) is 0 Å². The molecule has 0 aromatic heterocycles. The first kappa shape index (κ1) is 23.0. The molecule has 1 heterocycles. The third kappa shape index (κ3) is 4.48. The maximum absolute atomic E-state index is 13.3. The van der Waals surface area contributed by atoms with Gasteiger partial charge in [0.15, 0.2) is 4.90 Å². The standard InChI is InChI=1S/C17H20N4O8S/c1-3-8-29-21(30(27,28)15-7-5-4-6-12(15)20(25)26)14-10-19(17(23)24)13(16(18)22)9-11(14)2/h3-7,9,13-14H,1,8,10H2,2H3,(H2,18,22)(H,23,24). The van der Waals surface area contributed by atoms with Gasteiger partial charge in [-0.2, -0.15) is 0 Å². The van der Waals surface area contributed by atoms with E-state index in [-0.39, 0.29) is 12.2 Å². The Labute approximate surface area is 172 Å². The molecule has 0 saturated heterocycles.